The van der Waals surface area contributed by atoms with Crippen molar-refractivity contribution in [2.75, 3.05) is 6.54 Å². The number of rotatable bonds is 5. The summed E-state index contributed by atoms with van der Waals surface area (Å²) in [5.74, 6) is -0.299. The van der Waals surface area contributed by atoms with E-state index in [0.717, 1.165) is 6.42 Å². The molecule has 0 radical (unpaired) electrons. The van der Waals surface area contributed by atoms with E-state index in [-0.39, 0.29) is 10.8 Å². The van der Waals surface area contributed by atoms with Gasteiger partial charge in [0.1, 0.15) is 10.6 Å². The Morgan fingerprint density at radius 2 is 2.12 bits per heavy atom. The summed E-state index contributed by atoms with van der Waals surface area (Å²) in [6.07, 6.45) is 2.18. The monoisotopic (exact) mass is 278 g/mol. The van der Waals surface area contributed by atoms with Crippen LogP contribution >= 0.6 is 10.7 Å². The van der Waals surface area contributed by atoms with Crippen molar-refractivity contribution in [2.45, 2.75) is 31.7 Å². The molecule has 1 N–H and O–H groups in total. The molecule has 1 rings (SSSR count). The minimum Gasteiger partial charge on any atom is -0.351 e. The molecule has 0 saturated carbocycles. The first-order valence-electron chi connectivity index (χ1n) is 5.33. The summed E-state index contributed by atoms with van der Waals surface area (Å²) in [5, 5.41) is 2.63. The van der Waals surface area contributed by atoms with Crippen LogP contribution in [0.2, 0.25) is 0 Å². The lowest BCUT2D eigenvalue weighted by Gasteiger charge is -2.06. The molecule has 5 nitrogen and oxygen atoms in total. The minimum absolute atomic E-state index is 0.0473. The fourth-order valence-corrected chi connectivity index (χ4v) is 2.24. The second kappa shape index (κ2) is 5.55. The van der Waals surface area contributed by atoms with Gasteiger partial charge < -0.3 is 9.88 Å². The second-order valence-corrected chi connectivity index (χ2v) is 6.12. The van der Waals surface area contributed by atoms with Gasteiger partial charge in [-0.3, -0.25) is 4.79 Å². The maximum Gasteiger partial charge on any atom is 0.267 e. The van der Waals surface area contributed by atoms with Gasteiger partial charge in [0.05, 0.1) is 0 Å². The van der Waals surface area contributed by atoms with Gasteiger partial charge in [-0.25, -0.2) is 8.42 Å². The zero-order chi connectivity index (χ0) is 13.1. The van der Waals surface area contributed by atoms with Gasteiger partial charge in [0.2, 0.25) is 0 Å². The third-order valence-electron chi connectivity index (χ3n) is 2.19. The average molecular weight is 279 g/mol. The van der Waals surface area contributed by atoms with Crippen molar-refractivity contribution in [3.8, 4) is 0 Å². The van der Waals surface area contributed by atoms with Gasteiger partial charge in [-0.05, 0) is 19.4 Å². The van der Waals surface area contributed by atoms with Crippen molar-refractivity contribution in [3.05, 3.63) is 18.0 Å². The standard InChI is InChI=1S/C10H15ClN2O3S/c1-3-5-13-7-8(17(11,15)16)6-9(13)10(14)12-4-2/h6-7H,3-5H2,1-2H3,(H,12,14). The Labute approximate surface area is 105 Å². The van der Waals surface area contributed by atoms with Crippen molar-refractivity contribution >= 4 is 25.6 Å². The number of carbonyl (C=O) groups is 1. The van der Waals surface area contributed by atoms with E-state index in [0.29, 0.717) is 18.8 Å². The molecule has 0 atom stereocenters. The summed E-state index contributed by atoms with van der Waals surface area (Å²) < 4.78 is 24.0. The molecule has 1 aromatic rings. The van der Waals surface area contributed by atoms with Gasteiger partial charge in [-0.1, -0.05) is 6.92 Å². The van der Waals surface area contributed by atoms with Crippen LogP contribution in [0, 0.1) is 0 Å². The van der Waals surface area contributed by atoms with Crippen LogP contribution in [-0.2, 0) is 15.6 Å². The van der Waals surface area contributed by atoms with Crippen LogP contribution < -0.4 is 5.32 Å². The number of aromatic nitrogens is 1. The van der Waals surface area contributed by atoms with Gasteiger partial charge in [-0.15, -0.1) is 0 Å². The number of halogens is 1. The number of hydrogen-bond donors (Lipinski definition) is 1. The third kappa shape index (κ3) is 3.47. The highest BCUT2D eigenvalue weighted by Crippen LogP contribution is 2.19. The molecular weight excluding hydrogens is 264 g/mol. The third-order valence-corrected chi connectivity index (χ3v) is 3.51. The zero-order valence-electron chi connectivity index (χ0n) is 9.73. The molecule has 0 aromatic carbocycles. The highest BCUT2D eigenvalue weighted by Gasteiger charge is 2.19. The SMILES string of the molecule is CCCn1cc(S(=O)(=O)Cl)cc1C(=O)NCC. The predicted molar refractivity (Wildman–Crippen MR) is 65.8 cm³/mol. The van der Waals surface area contributed by atoms with Crippen LogP contribution in [0.5, 0.6) is 0 Å². The molecule has 0 spiro atoms. The molecular formula is C10H15ClN2O3S. The molecule has 17 heavy (non-hydrogen) atoms. The van der Waals surface area contributed by atoms with Crippen molar-refractivity contribution in [2.24, 2.45) is 0 Å². The number of nitrogens with one attached hydrogen (secondary N) is 1. The molecule has 1 amide bonds. The molecule has 96 valence electrons. The van der Waals surface area contributed by atoms with Crippen LogP contribution in [0.4, 0.5) is 0 Å². The first kappa shape index (κ1) is 14.1. The molecule has 0 fully saturated rings. The molecule has 1 aromatic heterocycles. The molecule has 0 aliphatic heterocycles. The van der Waals surface area contributed by atoms with Gasteiger partial charge in [-0.2, -0.15) is 0 Å². The van der Waals surface area contributed by atoms with Crippen LogP contribution in [0.15, 0.2) is 17.2 Å². The van der Waals surface area contributed by atoms with E-state index in [4.69, 9.17) is 10.7 Å². The Kier molecular flexibility index (Phi) is 4.59. The quantitative estimate of drug-likeness (QED) is 0.832. The minimum atomic E-state index is -3.80. The molecule has 0 aliphatic carbocycles. The normalized spacial score (nSPS) is 11.5. The lowest BCUT2D eigenvalue weighted by atomic mass is 10.4. The number of hydrogen-bond acceptors (Lipinski definition) is 3. The topological polar surface area (TPSA) is 68.2 Å². The smallest absolute Gasteiger partial charge is 0.267 e. The molecule has 0 unspecified atom stereocenters. The van der Waals surface area contributed by atoms with Crippen LogP contribution in [0.1, 0.15) is 30.8 Å². The van der Waals surface area contributed by atoms with E-state index in [1.807, 2.05) is 6.92 Å². The number of aryl methyl sites for hydroxylation is 1. The fraction of sp³-hybridized carbons (Fsp3) is 0.500. The lowest BCUT2D eigenvalue weighted by molar-refractivity contribution is 0.0946. The molecule has 0 bridgehead atoms. The van der Waals surface area contributed by atoms with Crippen molar-refractivity contribution in [3.63, 3.8) is 0 Å². The lowest BCUT2D eigenvalue weighted by Crippen LogP contribution is -2.25. The van der Waals surface area contributed by atoms with E-state index in [1.54, 1.807) is 11.5 Å². The summed E-state index contributed by atoms with van der Waals surface area (Å²) in [6.45, 7) is 4.79. The Bertz CT molecular complexity index is 508. The van der Waals surface area contributed by atoms with Crippen LogP contribution in [0.3, 0.4) is 0 Å². The summed E-state index contributed by atoms with van der Waals surface area (Å²) in [7, 11) is 1.45. The maximum absolute atomic E-state index is 11.7. The molecule has 1 heterocycles. The largest absolute Gasteiger partial charge is 0.351 e. The Morgan fingerprint density at radius 1 is 1.47 bits per heavy atom. The number of carbonyl (C=O) groups excluding carboxylic acids is 1. The van der Waals surface area contributed by atoms with Crippen molar-refractivity contribution in [1.82, 2.24) is 9.88 Å². The van der Waals surface area contributed by atoms with Crippen molar-refractivity contribution in [1.29, 1.82) is 0 Å². The van der Waals surface area contributed by atoms with E-state index >= 15 is 0 Å². The van der Waals surface area contributed by atoms with Gasteiger partial charge in [0.25, 0.3) is 15.0 Å². The Morgan fingerprint density at radius 3 is 2.59 bits per heavy atom. The highest BCUT2D eigenvalue weighted by atomic mass is 35.7. The number of nitrogens with zero attached hydrogens (tertiary/aromatic N) is 1. The van der Waals surface area contributed by atoms with Crippen LogP contribution in [-0.4, -0.2) is 25.4 Å². The van der Waals surface area contributed by atoms with E-state index < -0.39 is 9.05 Å². The van der Waals surface area contributed by atoms with Crippen LogP contribution in [0.25, 0.3) is 0 Å². The summed E-state index contributed by atoms with van der Waals surface area (Å²) >= 11 is 0. The molecule has 7 heteroatoms. The maximum atomic E-state index is 11.7. The predicted octanol–water partition coefficient (Wildman–Crippen LogP) is 1.58. The Balaban J connectivity index is 3.18. The second-order valence-electron chi connectivity index (χ2n) is 3.55. The summed E-state index contributed by atoms with van der Waals surface area (Å²) in [5.41, 5.74) is 0.313. The summed E-state index contributed by atoms with van der Waals surface area (Å²) in [6, 6.07) is 1.29. The first-order chi connectivity index (χ1) is 7.90. The van der Waals surface area contributed by atoms with Gasteiger partial charge >= 0.3 is 0 Å². The van der Waals surface area contributed by atoms with E-state index in [1.165, 1.54) is 12.3 Å². The Hall–Kier alpha value is -1.01. The molecule has 0 saturated heterocycles. The van der Waals surface area contributed by atoms with Crippen molar-refractivity contribution < 1.29 is 13.2 Å². The summed E-state index contributed by atoms with van der Waals surface area (Å²) in [4.78, 5) is 11.7. The molecule has 0 aliphatic rings. The average Bonchev–Trinajstić information content (AvgIpc) is 2.62. The van der Waals surface area contributed by atoms with Gasteiger partial charge in [0.15, 0.2) is 0 Å². The number of amides is 1. The first-order valence-corrected chi connectivity index (χ1v) is 7.64. The van der Waals surface area contributed by atoms with Gasteiger partial charge in [0, 0.05) is 30.0 Å². The van der Waals surface area contributed by atoms with E-state index in [2.05, 4.69) is 5.32 Å². The highest BCUT2D eigenvalue weighted by molar-refractivity contribution is 8.13. The van der Waals surface area contributed by atoms with E-state index in [9.17, 15) is 13.2 Å². The zero-order valence-corrected chi connectivity index (χ0v) is 11.3. The fourth-order valence-electron chi connectivity index (χ4n) is 1.48.